The van der Waals surface area contributed by atoms with Gasteiger partial charge in [-0.2, -0.15) is 13.2 Å². The summed E-state index contributed by atoms with van der Waals surface area (Å²) in [5, 5.41) is 10.3. The SMILES string of the molecule is OC(c1ccccc1)c1ccc2c(c1)OCC(C(F)(F)F)O2. The number of fused-ring (bicyclic) bond motifs is 1. The summed E-state index contributed by atoms with van der Waals surface area (Å²) in [6.45, 7) is -0.596. The average Bonchev–Trinajstić information content (AvgIpc) is 2.53. The molecule has 22 heavy (non-hydrogen) atoms. The minimum atomic E-state index is -4.47. The second-order valence-electron chi connectivity index (χ2n) is 4.98. The highest BCUT2D eigenvalue weighted by atomic mass is 19.4. The van der Waals surface area contributed by atoms with Crippen molar-refractivity contribution in [1.82, 2.24) is 0 Å². The van der Waals surface area contributed by atoms with Crippen LogP contribution in [0.15, 0.2) is 48.5 Å². The van der Waals surface area contributed by atoms with Crippen molar-refractivity contribution in [2.24, 2.45) is 0 Å². The van der Waals surface area contributed by atoms with Crippen LogP contribution in [0.25, 0.3) is 0 Å². The highest BCUT2D eigenvalue weighted by Crippen LogP contribution is 2.38. The Balaban J connectivity index is 1.84. The Bertz CT molecular complexity index is 655. The highest BCUT2D eigenvalue weighted by Gasteiger charge is 2.44. The van der Waals surface area contributed by atoms with Crippen molar-refractivity contribution in [2.45, 2.75) is 18.4 Å². The van der Waals surface area contributed by atoms with Crippen LogP contribution < -0.4 is 9.47 Å². The minimum Gasteiger partial charge on any atom is -0.485 e. The lowest BCUT2D eigenvalue weighted by molar-refractivity contribution is -0.207. The normalized spacial score (nSPS) is 18.8. The van der Waals surface area contributed by atoms with E-state index in [1.165, 1.54) is 18.2 Å². The highest BCUT2D eigenvalue weighted by molar-refractivity contribution is 5.46. The first-order chi connectivity index (χ1) is 10.4. The fourth-order valence-electron chi connectivity index (χ4n) is 2.25. The predicted molar refractivity (Wildman–Crippen MR) is 72.9 cm³/mol. The molecular weight excluding hydrogens is 297 g/mol. The quantitative estimate of drug-likeness (QED) is 0.923. The van der Waals surface area contributed by atoms with Crippen molar-refractivity contribution < 1.29 is 27.8 Å². The maximum absolute atomic E-state index is 12.6. The minimum absolute atomic E-state index is 0.0255. The molecule has 3 nitrogen and oxygen atoms in total. The molecule has 0 saturated heterocycles. The van der Waals surface area contributed by atoms with Gasteiger partial charge in [-0.3, -0.25) is 0 Å². The third-order valence-corrected chi connectivity index (χ3v) is 3.42. The van der Waals surface area contributed by atoms with Gasteiger partial charge in [-0.05, 0) is 23.3 Å². The Kier molecular flexibility index (Phi) is 3.70. The molecule has 0 aromatic heterocycles. The zero-order chi connectivity index (χ0) is 15.7. The molecule has 0 saturated carbocycles. The summed E-state index contributed by atoms with van der Waals surface area (Å²) >= 11 is 0. The Morgan fingerprint density at radius 1 is 1.00 bits per heavy atom. The molecular formula is C16H13F3O3. The second-order valence-corrected chi connectivity index (χ2v) is 4.98. The predicted octanol–water partition coefficient (Wildman–Crippen LogP) is 3.47. The van der Waals surface area contributed by atoms with Gasteiger partial charge in [0.1, 0.15) is 12.7 Å². The van der Waals surface area contributed by atoms with Gasteiger partial charge in [-0.1, -0.05) is 36.4 Å². The second kappa shape index (κ2) is 5.53. The number of alkyl halides is 3. The van der Waals surface area contributed by atoms with Crippen molar-refractivity contribution in [3.8, 4) is 11.5 Å². The van der Waals surface area contributed by atoms with E-state index in [4.69, 9.17) is 9.47 Å². The maximum Gasteiger partial charge on any atom is 0.428 e. The van der Waals surface area contributed by atoms with Crippen LogP contribution in [-0.2, 0) is 0 Å². The summed E-state index contributed by atoms with van der Waals surface area (Å²) in [7, 11) is 0. The molecule has 2 unspecified atom stereocenters. The van der Waals surface area contributed by atoms with Crippen molar-refractivity contribution in [2.75, 3.05) is 6.61 Å². The fraction of sp³-hybridized carbons (Fsp3) is 0.250. The van der Waals surface area contributed by atoms with Gasteiger partial charge in [0.15, 0.2) is 11.5 Å². The van der Waals surface area contributed by atoms with E-state index >= 15 is 0 Å². The zero-order valence-electron chi connectivity index (χ0n) is 11.4. The molecule has 1 heterocycles. The molecule has 2 aromatic carbocycles. The van der Waals surface area contributed by atoms with Crippen molar-refractivity contribution in [3.05, 3.63) is 59.7 Å². The van der Waals surface area contributed by atoms with Gasteiger partial charge in [0.25, 0.3) is 0 Å². The molecule has 1 aliphatic rings. The van der Waals surface area contributed by atoms with Crippen molar-refractivity contribution >= 4 is 0 Å². The molecule has 0 bridgehead atoms. The molecule has 1 aliphatic heterocycles. The third-order valence-electron chi connectivity index (χ3n) is 3.42. The number of aliphatic hydroxyl groups excluding tert-OH is 1. The first-order valence-corrected chi connectivity index (χ1v) is 6.68. The molecule has 2 atom stereocenters. The summed E-state index contributed by atoms with van der Waals surface area (Å²) in [4.78, 5) is 0. The van der Waals surface area contributed by atoms with Gasteiger partial charge in [-0.25, -0.2) is 0 Å². The van der Waals surface area contributed by atoms with Crippen LogP contribution in [0.2, 0.25) is 0 Å². The van der Waals surface area contributed by atoms with E-state index in [9.17, 15) is 18.3 Å². The lowest BCUT2D eigenvalue weighted by atomic mass is 10.0. The molecule has 0 fully saturated rings. The van der Waals surface area contributed by atoms with Gasteiger partial charge < -0.3 is 14.6 Å². The zero-order valence-corrected chi connectivity index (χ0v) is 11.4. The number of rotatable bonds is 2. The standard InChI is InChI=1S/C16H13F3O3/c17-16(18,19)14-9-21-13-8-11(6-7-12(13)22-14)15(20)10-4-2-1-3-5-10/h1-8,14-15,20H,9H2. The van der Waals surface area contributed by atoms with E-state index in [-0.39, 0.29) is 11.5 Å². The van der Waals surface area contributed by atoms with Crippen LogP contribution in [0.1, 0.15) is 17.2 Å². The number of aliphatic hydroxyl groups is 1. The van der Waals surface area contributed by atoms with Crippen LogP contribution in [0.5, 0.6) is 11.5 Å². The fourth-order valence-corrected chi connectivity index (χ4v) is 2.25. The molecule has 116 valence electrons. The lowest BCUT2D eigenvalue weighted by Crippen LogP contribution is -2.41. The van der Waals surface area contributed by atoms with Crippen LogP contribution in [0, 0.1) is 0 Å². The topological polar surface area (TPSA) is 38.7 Å². The summed E-state index contributed by atoms with van der Waals surface area (Å²) in [6, 6.07) is 13.4. The Morgan fingerprint density at radius 3 is 2.41 bits per heavy atom. The summed E-state index contributed by atoms with van der Waals surface area (Å²) < 4.78 is 47.9. The van der Waals surface area contributed by atoms with Gasteiger partial charge in [0, 0.05) is 0 Å². The summed E-state index contributed by atoms with van der Waals surface area (Å²) in [5.74, 6) is 0.227. The average molecular weight is 310 g/mol. The van der Waals surface area contributed by atoms with Crippen LogP contribution in [0.3, 0.4) is 0 Å². The first-order valence-electron chi connectivity index (χ1n) is 6.68. The molecule has 2 aromatic rings. The van der Waals surface area contributed by atoms with Crippen molar-refractivity contribution in [3.63, 3.8) is 0 Å². The molecule has 0 aliphatic carbocycles. The van der Waals surface area contributed by atoms with Gasteiger partial charge >= 0.3 is 6.18 Å². The molecule has 3 rings (SSSR count). The van der Waals surface area contributed by atoms with E-state index in [1.807, 2.05) is 6.07 Å². The Hall–Kier alpha value is -2.21. The summed E-state index contributed by atoms with van der Waals surface area (Å²) in [5.41, 5.74) is 1.21. The van der Waals surface area contributed by atoms with E-state index in [0.29, 0.717) is 11.1 Å². The van der Waals surface area contributed by atoms with Gasteiger partial charge in [0.05, 0.1) is 0 Å². The largest absolute Gasteiger partial charge is 0.485 e. The monoisotopic (exact) mass is 310 g/mol. The molecule has 6 heteroatoms. The summed E-state index contributed by atoms with van der Waals surface area (Å²) in [6.07, 6.45) is -7.32. The lowest BCUT2D eigenvalue weighted by Gasteiger charge is -2.28. The van der Waals surface area contributed by atoms with E-state index in [1.54, 1.807) is 24.3 Å². The number of hydrogen-bond acceptors (Lipinski definition) is 3. The van der Waals surface area contributed by atoms with Crippen LogP contribution in [-0.4, -0.2) is 24.0 Å². The van der Waals surface area contributed by atoms with Crippen molar-refractivity contribution in [1.29, 1.82) is 0 Å². The van der Waals surface area contributed by atoms with E-state index in [2.05, 4.69) is 0 Å². The number of ether oxygens (including phenoxy) is 2. The van der Waals surface area contributed by atoms with E-state index < -0.39 is 25.0 Å². The van der Waals surface area contributed by atoms with Crippen LogP contribution in [0.4, 0.5) is 13.2 Å². The third kappa shape index (κ3) is 2.87. The van der Waals surface area contributed by atoms with Gasteiger partial charge in [-0.15, -0.1) is 0 Å². The van der Waals surface area contributed by atoms with Gasteiger partial charge in [0.2, 0.25) is 6.10 Å². The molecule has 0 radical (unpaired) electrons. The smallest absolute Gasteiger partial charge is 0.428 e. The van der Waals surface area contributed by atoms with Crippen LogP contribution >= 0.6 is 0 Å². The Labute approximate surface area is 124 Å². The molecule has 0 spiro atoms. The number of benzene rings is 2. The molecule has 0 amide bonds. The van der Waals surface area contributed by atoms with E-state index in [0.717, 1.165) is 0 Å². The molecule has 1 N–H and O–H groups in total. The first kappa shape index (κ1) is 14.7. The maximum atomic E-state index is 12.6. The number of halogens is 3. The Morgan fingerprint density at radius 2 is 1.73 bits per heavy atom. The number of hydrogen-bond donors (Lipinski definition) is 1.